The van der Waals surface area contributed by atoms with Crippen LogP contribution in [-0.4, -0.2) is 40.7 Å². The van der Waals surface area contributed by atoms with Crippen LogP contribution in [0, 0.1) is 6.92 Å². The zero-order chi connectivity index (χ0) is 13.4. The number of aliphatic hydroxyl groups is 1. The summed E-state index contributed by atoms with van der Waals surface area (Å²) in [6.45, 7) is 6.55. The van der Waals surface area contributed by atoms with E-state index < -0.39 is 0 Å². The van der Waals surface area contributed by atoms with Gasteiger partial charge >= 0.3 is 6.03 Å². The molecular formula is C13H19N3O2. The van der Waals surface area contributed by atoms with Gasteiger partial charge in [0.1, 0.15) is 0 Å². The molecular weight excluding hydrogens is 230 g/mol. The van der Waals surface area contributed by atoms with Crippen LogP contribution in [0.1, 0.15) is 11.3 Å². The van der Waals surface area contributed by atoms with Crippen LogP contribution in [0.2, 0.25) is 0 Å². The van der Waals surface area contributed by atoms with Gasteiger partial charge in [-0.05, 0) is 18.6 Å². The van der Waals surface area contributed by atoms with Crippen molar-refractivity contribution >= 4 is 6.03 Å². The summed E-state index contributed by atoms with van der Waals surface area (Å²) in [5.41, 5.74) is 1.88. The number of carbonyl (C=O) groups excluding carboxylic acids is 1. The van der Waals surface area contributed by atoms with Gasteiger partial charge in [-0.1, -0.05) is 12.1 Å². The lowest BCUT2D eigenvalue weighted by atomic mass is 10.2. The molecule has 0 saturated carbocycles. The molecule has 1 aromatic rings. The normalized spacial score (nSPS) is 9.89. The van der Waals surface area contributed by atoms with Gasteiger partial charge in [-0.25, -0.2) is 4.79 Å². The third-order valence-corrected chi connectivity index (χ3v) is 2.53. The summed E-state index contributed by atoms with van der Waals surface area (Å²) >= 11 is 0. The predicted octanol–water partition coefficient (Wildman–Crippen LogP) is 1.08. The van der Waals surface area contributed by atoms with Gasteiger partial charge in [0.25, 0.3) is 0 Å². The number of aliphatic hydroxyl groups excluding tert-OH is 1. The van der Waals surface area contributed by atoms with Gasteiger partial charge in [0.05, 0.1) is 18.8 Å². The Bertz CT molecular complexity index is 407. The van der Waals surface area contributed by atoms with Crippen molar-refractivity contribution in [2.45, 2.75) is 13.5 Å². The van der Waals surface area contributed by atoms with E-state index in [4.69, 9.17) is 5.11 Å². The van der Waals surface area contributed by atoms with Crippen molar-refractivity contribution in [3.8, 4) is 0 Å². The number of nitrogens with one attached hydrogen (secondary N) is 1. The highest BCUT2D eigenvalue weighted by molar-refractivity contribution is 5.74. The van der Waals surface area contributed by atoms with Crippen molar-refractivity contribution in [1.82, 2.24) is 15.2 Å². The van der Waals surface area contributed by atoms with Crippen LogP contribution in [0.5, 0.6) is 0 Å². The fraction of sp³-hybridized carbons (Fsp3) is 0.385. The molecule has 0 spiro atoms. The largest absolute Gasteiger partial charge is 0.395 e. The summed E-state index contributed by atoms with van der Waals surface area (Å²) < 4.78 is 0. The van der Waals surface area contributed by atoms with Gasteiger partial charge in [0, 0.05) is 19.3 Å². The lowest BCUT2D eigenvalue weighted by Crippen LogP contribution is -2.41. The Hall–Kier alpha value is -1.88. The van der Waals surface area contributed by atoms with E-state index in [1.54, 1.807) is 12.3 Å². The molecule has 2 amide bonds. The first-order valence-electron chi connectivity index (χ1n) is 5.84. The minimum Gasteiger partial charge on any atom is -0.395 e. The Morgan fingerprint density at radius 3 is 3.06 bits per heavy atom. The summed E-state index contributed by atoms with van der Waals surface area (Å²) in [5, 5.41) is 11.6. The van der Waals surface area contributed by atoms with Crippen molar-refractivity contribution < 1.29 is 9.90 Å². The average molecular weight is 249 g/mol. The first-order chi connectivity index (χ1) is 8.69. The molecule has 0 saturated heterocycles. The van der Waals surface area contributed by atoms with E-state index in [0.29, 0.717) is 19.6 Å². The van der Waals surface area contributed by atoms with Gasteiger partial charge < -0.3 is 15.3 Å². The third kappa shape index (κ3) is 4.18. The zero-order valence-electron chi connectivity index (χ0n) is 10.6. The molecule has 1 rings (SSSR count). The summed E-state index contributed by atoms with van der Waals surface area (Å²) in [6, 6.07) is 3.58. The molecule has 1 aromatic heterocycles. The molecule has 0 radical (unpaired) electrons. The first-order valence-corrected chi connectivity index (χ1v) is 5.84. The molecule has 0 aromatic carbocycles. The monoisotopic (exact) mass is 249 g/mol. The Kier molecular flexibility index (Phi) is 5.87. The summed E-state index contributed by atoms with van der Waals surface area (Å²) in [4.78, 5) is 17.5. The van der Waals surface area contributed by atoms with E-state index in [9.17, 15) is 4.79 Å². The van der Waals surface area contributed by atoms with Crippen molar-refractivity contribution in [2.75, 3.05) is 19.7 Å². The van der Waals surface area contributed by atoms with E-state index in [0.717, 1.165) is 11.3 Å². The molecule has 0 fully saturated rings. The van der Waals surface area contributed by atoms with Gasteiger partial charge in [0.2, 0.25) is 0 Å². The lowest BCUT2D eigenvalue weighted by Gasteiger charge is -2.20. The molecule has 0 aliphatic carbocycles. The van der Waals surface area contributed by atoms with Crippen LogP contribution in [-0.2, 0) is 6.54 Å². The Balaban J connectivity index is 2.53. The maximum absolute atomic E-state index is 11.8. The fourth-order valence-corrected chi connectivity index (χ4v) is 1.53. The lowest BCUT2D eigenvalue weighted by molar-refractivity contribution is 0.183. The summed E-state index contributed by atoms with van der Waals surface area (Å²) in [5.74, 6) is 0. The van der Waals surface area contributed by atoms with E-state index in [1.807, 2.05) is 19.1 Å². The maximum atomic E-state index is 11.8. The second kappa shape index (κ2) is 7.45. The number of aryl methyl sites for hydroxylation is 1. The van der Waals surface area contributed by atoms with Crippen LogP contribution in [0.3, 0.4) is 0 Å². The van der Waals surface area contributed by atoms with Crippen LogP contribution in [0.15, 0.2) is 31.0 Å². The predicted molar refractivity (Wildman–Crippen MR) is 70.1 cm³/mol. The molecule has 5 nitrogen and oxygen atoms in total. The van der Waals surface area contributed by atoms with Crippen LogP contribution in [0.4, 0.5) is 4.79 Å². The molecule has 0 bridgehead atoms. The number of carbonyl (C=O) groups is 1. The highest BCUT2D eigenvalue weighted by atomic mass is 16.3. The summed E-state index contributed by atoms with van der Waals surface area (Å²) in [7, 11) is 0. The number of amides is 2. The standard InChI is InChI=1S/C13H19N3O2/c1-3-7-16(8-9-17)13(18)15-10-12-11(2)5-4-6-14-12/h3-6,17H,1,7-10H2,2H3,(H,15,18). The van der Waals surface area contributed by atoms with Crippen LogP contribution in [0.25, 0.3) is 0 Å². The van der Waals surface area contributed by atoms with Crippen molar-refractivity contribution in [1.29, 1.82) is 0 Å². The minimum atomic E-state index is -0.228. The Labute approximate surface area is 107 Å². The topological polar surface area (TPSA) is 65.5 Å². The van der Waals surface area contributed by atoms with Crippen molar-refractivity contribution in [3.63, 3.8) is 0 Å². The highest BCUT2D eigenvalue weighted by Gasteiger charge is 2.11. The number of nitrogens with zero attached hydrogens (tertiary/aromatic N) is 2. The second-order valence-corrected chi connectivity index (χ2v) is 3.88. The van der Waals surface area contributed by atoms with Gasteiger partial charge in [-0.3, -0.25) is 4.98 Å². The first kappa shape index (κ1) is 14.2. The number of hydrogen-bond donors (Lipinski definition) is 2. The highest BCUT2D eigenvalue weighted by Crippen LogP contribution is 2.02. The van der Waals surface area contributed by atoms with Gasteiger partial charge in [-0.2, -0.15) is 0 Å². The number of urea groups is 1. The van der Waals surface area contributed by atoms with Crippen LogP contribution >= 0.6 is 0 Å². The second-order valence-electron chi connectivity index (χ2n) is 3.88. The number of aromatic nitrogens is 1. The van der Waals surface area contributed by atoms with Crippen LogP contribution < -0.4 is 5.32 Å². The van der Waals surface area contributed by atoms with Gasteiger partial charge in [0.15, 0.2) is 0 Å². The molecule has 5 heteroatoms. The number of pyridine rings is 1. The minimum absolute atomic E-state index is 0.0656. The average Bonchev–Trinajstić information content (AvgIpc) is 2.37. The molecule has 2 N–H and O–H groups in total. The SMILES string of the molecule is C=CCN(CCO)C(=O)NCc1ncccc1C. The molecule has 18 heavy (non-hydrogen) atoms. The van der Waals surface area contributed by atoms with Crippen molar-refractivity contribution in [3.05, 3.63) is 42.2 Å². The smallest absolute Gasteiger partial charge is 0.318 e. The van der Waals surface area contributed by atoms with Gasteiger partial charge in [-0.15, -0.1) is 6.58 Å². The molecule has 0 aliphatic rings. The molecule has 0 unspecified atom stereocenters. The Morgan fingerprint density at radius 1 is 1.67 bits per heavy atom. The molecule has 0 atom stereocenters. The summed E-state index contributed by atoms with van der Waals surface area (Å²) in [6.07, 6.45) is 3.32. The van der Waals surface area contributed by atoms with E-state index in [2.05, 4.69) is 16.9 Å². The van der Waals surface area contributed by atoms with E-state index in [1.165, 1.54) is 4.90 Å². The quantitative estimate of drug-likeness (QED) is 0.741. The number of hydrogen-bond acceptors (Lipinski definition) is 3. The maximum Gasteiger partial charge on any atom is 0.318 e. The fourth-order valence-electron chi connectivity index (χ4n) is 1.53. The van der Waals surface area contributed by atoms with E-state index in [-0.39, 0.29) is 12.6 Å². The molecule has 0 aliphatic heterocycles. The zero-order valence-corrected chi connectivity index (χ0v) is 10.6. The Morgan fingerprint density at radius 2 is 2.44 bits per heavy atom. The molecule has 98 valence electrons. The van der Waals surface area contributed by atoms with E-state index >= 15 is 0 Å². The van der Waals surface area contributed by atoms with Crippen molar-refractivity contribution in [2.24, 2.45) is 0 Å². The third-order valence-electron chi connectivity index (χ3n) is 2.53. The molecule has 1 heterocycles. The number of rotatable bonds is 6.